The highest BCUT2D eigenvalue weighted by atomic mass is 35.5. The van der Waals surface area contributed by atoms with Crippen LogP contribution in [-0.4, -0.2) is 52.8 Å². The molecule has 3 rings (SSSR count). The number of aromatic nitrogens is 1. The van der Waals surface area contributed by atoms with E-state index in [1.54, 1.807) is 47.1 Å². The molecule has 0 atom stereocenters. The van der Waals surface area contributed by atoms with Crippen molar-refractivity contribution in [2.24, 2.45) is 0 Å². The van der Waals surface area contributed by atoms with Crippen molar-refractivity contribution in [1.82, 2.24) is 14.8 Å². The summed E-state index contributed by atoms with van der Waals surface area (Å²) in [5.74, 6) is 0.480. The number of anilines is 2. The highest BCUT2D eigenvalue weighted by Gasteiger charge is 2.23. The number of pyridine rings is 1. The van der Waals surface area contributed by atoms with Gasteiger partial charge in [0.2, 0.25) is 5.91 Å². The summed E-state index contributed by atoms with van der Waals surface area (Å²) in [6.45, 7) is 3.69. The Balaban J connectivity index is 1.66. The van der Waals surface area contributed by atoms with Crippen molar-refractivity contribution in [3.05, 3.63) is 52.1 Å². The molecule has 1 aliphatic heterocycles. The normalized spacial score (nSPS) is 14.3. The van der Waals surface area contributed by atoms with Gasteiger partial charge in [0, 0.05) is 39.3 Å². The zero-order valence-corrected chi connectivity index (χ0v) is 15.7. The fourth-order valence-electron chi connectivity index (χ4n) is 2.75. The van der Waals surface area contributed by atoms with Crippen molar-refractivity contribution < 1.29 is 9.59 Å². The zero-order valence-electron chi connectivity index (χ0n) is 14.2. The molecular weight excluding hydrogens is 375 g/mol. The third-order valence-electron chi connectivity index (χ3n) is 4.24. The van der Waals surface area contributed by atoms with Gasteiger partial charge in [-0.3, -0.25) is 9.59 Å². The number of hydrogen-bond donors (Lipinski definition) is 1. The molecule has 1 saturated heterocycles. The monoisotopic (exact) mass is 392 g/mol. The van der Waals surface area contributed by atoms with E-state index in [1.165, 1.54) is 6.20 Å². The molecule has 0 unspecified atom stereocenters. The Morgan fingerprint density at radius 3 is 2.15 bits per heavy atom. The number of amides is 2. The van der Waals surface area contributed by atoms with Gasteiger partial charge in [-0.2, -0.15) is 0 Å². The van der Waals surface area contributed by atoms with Crippen LogP contribution in [0.3, 0.4) is 0 Å². The van der Waals surface area contributed by atoms with Gasteiger partial charge in [-0.05, 0) is 24.3 Å². The number of nitrogens with one attached hydrogen (secondary N) is 1. The first kappa shape index (κ1) is 18.5. The molecule has 1 N–H and O–H groups in total. The molecule has 0 aliphatic carbocycles. The summed E-state index contributed by atoms with van der Waals surface area (Å²) in [6.07, 6.45) is 1.52. The van der Waals surface area contributed by atoms with Crippen LogP contribution < -0.4 is 5.32 Å². The third-order valence-corrected chi connectivity index (χ3v) is 4.87. The average Bonchev–Trinajstić information content (AvgIpc) is 2.65. The van der Waals surface area contributed by atoms with Gasteiger partial charge in [0.25, 0.3) is 5.91 Å². The molecule has 6 nitrogen and oxygen atoms in total. The molecule has 8 heteroatoms. The standard InChI is InChI=1S/C18H18Cl2N4O2/c1-12(25)23-7-9-24(10-8-23)18(26)13-5-6-16(21-11-13)22-17-14(19)3-2-4-15(17)20/h2-6,11H,7-10H2,1H3,(H,21,22). The molecule has 136 valence electrons. The maximum Gasteiger partial charge on any atom is 0.255 e. The fourth-order valence-corrected chi connectivity index (χ4v) is 3.24. The second-order valence-corrected chi connectivity index (χ2v) is 6.77. The van der Waals surface area contributed by atoms with E-state index >= 15 is 0 Å². The van der Waals surface area contributed by atoms with E-state index < -0.39 is 0 Å². The lowest BCUT2D eigenvalue weighted by atomic mass is 10.2. The molecule has 0 spiro atoms. The fraction of sp³-hybridized carbons (Fsp3) is 0.278. The quantitative estimate of drug-likeness (QED) is 0.868. The van der Waals surface area contributed by atoms with E-state index in [1.807, 2.05) is 0 Å². The molecule has 2 aromatic rings. The van der Waals surface area contributed by atoms with Crippen molar-refractivity contribution in [1.29, 1.82) is 0 Å². The van der Waals surface area contributed by atoms with Gasteiger partial charge in [0.05, 0.1) is 21.3 Å². The van der Waals surface area contributed by atoms with Crippen molar-refractivity contribution in [2.75, 3.05) is 31.5 Å². The molecule has 0 bridgehead atoms. The first-order valence-electron chi connectivity index (χ1n) is 8.17. The molecule has 1 fully saturated rings. The van der Waals surface area contributed by atoms with E-state index in [0.29, 0.717) is 53.3 Å². The van der Waals surface area contributed by atoms with Crippen molar-refractivity contribution in [3.63, 3.8) is 0 Å². The van der Waals surface area contributed by atoms with Crippen molar-refractivity contribution in [2.45, 2.75) is 6.92 Å². The lowest BCUT2D eigenvalue weighted by Crippen LogP contribution is -2.50. The Morgan fingerprint density at radius 1 is 1.00 bits per heavy atom. The van der Waals surface area contributed by atoms with E-state index in [9.17, 15) is 9.59 Å². The number of piperazine rings is 1. The number of benzene rings is 1. The number of carbonyl (C=O) groups is 2. The van der Waals surface area contributed by atoms with Crippen LogP contribution in [0.15, 0.2) is 36.5 Å². The largest absolute Gasteiger partial charge is 0.339 e. The van der Waals surface area contributed by atoms with Gasteiger partial charge >= 0.3 is 0 Å². The average molecular weight is 393 g/mol. The molecule has 1 aromatic heterocycles. The number of rotatable bonds is 3. The summed E-state index contributed by atoms with van der Waals surface area (Å²) >= 11 is 12.3. The highest BCUT2D eigenvalue weighted by Crippen LogP contribution is 2.31. The molecule has 1 aromatic carbocycles. The molecule has 1 aliphatic rings. The SMILES string of the molecule is CC(=O)N1CCN(C(=O)c2ccc(Nc3c(Cl)cccc3Cl)nc2)CC1. The Hall–Kier alpha value is -2.31. The van der Waals surface area contributed by atoms with Gasteiger partial charge in [-0.15, -0.1) is 0 Å². The van der Waals surface area contributed by atoms with Gasteiger partial charge in [0.1, 0.15) is 5.82 Å². The minimum absolute atomic E-state index is 0.0347. The van der Waals surface area contributed by atoms with Gasteiger partial charge in [-0.25, -0.2) is 4.98 Å². The first-order valence-corrected chi connectivity index (χ1v) is 8.93. The topological polar surface area (TPSA) is 65.5 Å². The summed E-state index contributed by atoms with van der Waals surface area (Å²) in [4.78, 5) is 31.7. The smallest absolute Gasteiger partial charge is 0.255 e. The maximum atomic E-state index is 12.6. The van der Waals surface area contributed by atoms with E-state index in [4.69, 9.17) is 23.2 Å². The van der Waals surface area contributed by atoms with Crippen LogP contribution in [0, 0.1) is 0 Å². The van der Waals surface area contributed by atoms with Crippen LogP contribution in [0.2, 0.25) is 10.0 Å². The van der Waals surface area contributed by atoms with Gasteiger partial charge < -0.3 is 15.1 Å². The summed E-state index contributed by atoms with van der Waals surface area (Å²) in [5.41, 5.74) is 1.07. The number of hydrogen-bond acceptors (Lipinski definition) is 4. The predicted octanol–water partition coefficient (Wildman–Crippen LogP) is 3.44. The van der Waals surface area contributed by atoms with E-state index in [2.05, 4.69) is 10.3 Å². The number of nitrogens with zero attached hydrogens (tertiary/aromatic N) is 3. The van der Waals surface area contributed by atoms with Crippen LogP contribution in [0.4, 0.5) is 11.5 Å². The number of halogens is 2. The molecule has 2 heterocycles. The van der Waals surface area contributed by atoms with Crippen LogP contribution in [-0.2, 0) is 4.79 Å². The summed E-state index contributed by atoms with van der Waals surface area (Å²) in [6, 6.07) is 8.64. The minimum Gasteiger partial charge on any atom is -0.339 e. The Labute approximate surface area is 161 Å². The Kier molecular flexibility index (Phi) is 5.64. The second-order valence-electron chi connectivity index (χ2n) is 5.95. The van der Waals surface area contributed by atoms with Gasteiger partial charge in [-0.1, -0.05) is 29.3 Å². The zero-order chi connectivity index (χ0) is 18.7. The van der Waals surface area contributed by atoms with E-state index in [-0.39, 0.29) is 11.8 Å². The van der Waals surface area contributed by atoms with Crippen LogP contribution in [0.25, 0.3) is 0 Å². The number of para-hydroxylation sites is 1. The molecule has 26 heavy (non-hydrogen) atoms. The highest BCUT2D eigenvalue weighted by molar-refractivity contribution is 6.39. The van der Waals surface area contributed by atoms with E-state index in [0.717, 1.165) is 0 Å². The first-order chi connectivity index (χ1) is 12.5. The maximum absolute atomic E-state index is 12.6. The van der Waals surface area contributed by atoms with Crippen LogP contribution >= 0.6 is 23.2 Å². The van der Waals surface area contributed by atoms with Crippen molar-refractivity contribution in [3.8, 4) is 0 Å². The Morgan fingerprint density at radius 2 is 1.62 bits per heavy atom. The number of carbonyl (C=O) groups excluding carboxylic acids is 2. The lowest BCUT2D eigenvalue weighted by Gasteiger charge is -2.34. The van der Waals surface area contributed by atoms with Crippen LogP contribution in [0.1, 0.15) is 17.3 Å². The molecule has 0 radical (unpaired) electrons. The molecule has 2 amide bonds. The van der Waals surface area contributed by atoms with Gasteiger partial charge in [0.15, 0.2) is 0 Å². The predicted molar refractivity (Wildman–Crippen MR) is 102 cm³/mol. The second kappa shape index (κ2) is 7.93. The minimum atomic E-state index is -0.0944. The van der Waals surface area contributed by atoms with Crippen LogP contribution in [0.5, 0.6) is 0 Å². The third kappa shape index (κ3) is 4.08. The summed E-state index contributed by atoms with van der Waals surface area (Å²) < 4.78 is 0. The summed E-state index contributed by atoms with van der Waals surface area (Å²) in [5, 5.41) is 4.04. The summed E-state index contributed by atoms with van der Waals surface area (Å²) in [7, 11) is 0. The molecule has 0 saturated carbocycles. The Bertz CT molecular complexity index is 798. The van der Waals surface area contributed by atoms with Crippen molar-refractivity contribution >= 4 is 46.5 Å². The lowest BCUT2D eigenvalue weighted by molar-refractivity contribution is -0.130. The molecular formula is C18H18Cl2N4O2.